The molecule has 2 rings (SSSR count). The summed E-state index contributed by atoms with van der Waals surface area (Å²) in [5.74, 6) is 0.217. The van der Waals surface area contributed by atoms with Crippen LogP contribution in [0.25, 0.3) is 0 Å². The molecule has 0 radical (unpaired) electrons. The second kappa shape index (κ2) is 4.19. The van der Waals surface area contributed by atoms with E-state index in [1.165, 1.54) is 0 Å². The molecule has 0 aliphatic carbocycles. The molecule has 2 nitrogen and oxygen atoms in total. The van der Waals surface area contributed by atoms with Gasteiger partial charge in [-0.1, -0.05) is 6.07 Å². The van der Waals surface area contributed by atoms with Crippen molar-refractivity contribution in [2.45, 2.75) is 12.8 Å². The molecule has 1 aliphatic rings. The van der Waals surface area contributed by atoms with Gasteiger partial charge in [0, 0.05) is 36.8 Å². The molecule has 1 unspecified atom stereocenters. The summed E-state index contributed by atoms with van der Waals surface area (Å²) >= 11 is 0. The van der Waals surface area contributed by atoms with Crippen molar-refractivity contribution >= 4 is 5.69 Å². The fourth-order valence-electron chi connectivity index (χ4n) is 2.37. The minimum atomic E-state index is -0.0660. The van der Waals surface area contributed by atoms with E-state index < -0.39 is 0 Å². The molecule has 0 aromatic heterocycles. The molecule has 1 atom stereocenters. The Morgan fingerprint density at radius 1 is 1.53 bits per heavy atom. The first-order chi connectivity index (χ1) is 7.27. The van der Waals surface area contributed by atoms with Gasteiger partial charge in [-0.2, -0.15) is 0 Å². The van der Waals surface area contributed by atoms with Crippen LogP contribution < -0.4 is 10.2 Å². The number of hydrogen-bond donors (Lipinski definition) is 1. The monoisotopic (exact) mass is 208 g/mol. The van der Waals surface area contributed by atoms with Gasteiger partial charge >= 0.3 is 0 Å². The molecule has 0 bridgehead atoms. The molecule has 1 heterocycles. The van der Waals surface area contributed by atoms with Crippen molar-refractivity contribution in [3.8, 4) is 0 Å². The van der Waals surface area contributed by atoms with Gasteiger partial charge in [0.05, 0.1) is 0 Å². The number of nitrogens with one attached hydrogen (secondary N) is 1. The first-order valence-corrected chi connectivity index (χ1v) is 5.45. The Morgan fingerprint density at radius 3 is 3.00 bits per heavy atom. The summed E-state index contributed by atoms with van der Waals surface area (Å²) in [4.78, 5) is 2.24. The summed E-state index contributed by atoms with van der Waals surface area (Å²) in [5, 5.41) is 3.13. The molecule has 0 spiro atoms. The van der Waals surface area contributed by atoms with Gasteiger partial charge < -0.3 is 10.2 Å². The summed E-state index contributed by atoms with van der Waals surface area (Å²) < 4.78 is 13.7. The molecule has 0 saturated heterocycles. The number of nitrogens with zero attached hydrogens (tertiary/aromatic N) is 1. The minimum absolute atomic E-state index is 0.0660. The molecule has 1 aromatic carbocycles. The average Bonchev–Trinajstić information content (AvgIpc) is 2.59. The Hall–Kier alpha value is -1.09. The number of fused-ring (bicyclic) bond motifs is 1. The van der Waals surface area contributed by atoms with Crippen LogP contribution in [-0.4, -0.2) is 26.7 Å². The van der Waals surface area contributed by atoms with Gasteiger partial charge in [0.15, 0.2) is 0 Å². The number of anilines is 1. The smallest absolute Gasteiger partial charge is 0.128 e. The summed E-state index contributed by atoms with van der Waals surface area (Å²) in [7, 11) is 1.91. The van der Waals surface area contributed by atoms with E-state index in [1.54, 1.807) is 12.1 Å². The van der Waals surface area contributed by atoms with E-state index in [0.29, 0.717) is 0 Å². The quantitative estimate of drug-likeness (QED) is 0.817. The highest BCUT2D eigenvalue weighted by atomic mass is 19.1. The van der Waals surface area contributed by atoms with Gasteiger partial charge in [-0.25, -0.2) is 4.39 Å². The SMILES string of the molecule is CCN1CC(CNC)c2c(F)cccc21. The zero-order valence-corrected chi connectivity index (χ0v) is 9.26. The van der Waals surface area contributed by atoms with E-state index in [4.69, 9.17) is 0 Å². The fourth-order valence-corrected chi connectivity index (χ4v) is 2.37. The standard InChI is InChI=1S/C12H17FN2/c1-3-15-8-9(7-14-2)12-10(13)5-4-6-11(12)15/h4-6,9,14H,3,7-8H2,1-2H3. The van der Waals surface area contributed by atoms with Gasteiger partial charge in [-0.15, -0.1) is 0 Å². The zero-order chi connectivity index (χ0) is 10.8. The second-order valence-electron chi connectivity index (χ2n) is 3.97. The second-order valence-corrected chi connectivity index (χ2v) is 3.97. The summed E-state index contributed by atoms with van der Waals surface area (Å²) in [6, 6.07) is 5.36. The lowest BCUT2D eigenvalue weighted by molar-refractivity contribution is 0.577. The molecule has 1 aromatic rings. The molecule has 1 N–H and O–H groups in total. The van der Waals surface area contributed by atoms with Gasteiger partial charge in [-0.3, -0.25) is 0 Å². The van der Waals surface area contributed by atoms with Gasteiger partial charge in [0.25, 0.3) is 0 Å². The van der Waals surface area contributed by atoms with Crippen LogP contribution in [0.1, 0.15) is 18.4 Å². The third-order valence-corrected chi connectivity index (χ3v) is 3.05. The Balaban J connectivity index is 2.39. The van der Waals surface area contributed by atoms with Crippen LogP contribution in [0.3, 0.4) is 0 Å². The summed E-state index contributed by atoms with van der Waals surface area (Å²) in [6.45, 7) is 4.81. The van der Waals surface area contributed by atoms with Crippen molar-refractivity contribution in [1.82, 2.24) is 5.32 Å². The zero-order valence-electron chi connectivity index (χ0n) is 9.26. The van der Waals surface area contributed by atoms with E-state index in [1.807, 2.05) is 13.1 Å². The molecule has 1 aliphatic heterocycles. The molecule has 82 valence electrons. The fraction of sp³-hybridized carbons (Fsp3) is 0.500. The molecule has 15 heavy (non-hydrogen) atoms. The Kier molecular flexibility index (Phi) is 2.91. The van der Waals surface area contributed by atoms with E-state index >= 15 is 0 Å². The van der Waals surface area contributed by atoms with Crippen molar-refractivity contribution in [1.29, 1.82) is 0 Å². The van der Waals surface area contributed by atoms with Crippen molar-refractivity contribution < 1.29 is 4.39 Å². The van der Waals surface area contributed by atoms with E-state index in [-0.39, 0.29) is 11.7 Å². The van der Waals surface area contributed by atoms with Crippen LogP contribution in [0.2, 0.25) is 0 Å². The molecular weight excluding hydrogens is 191 g/mol. The van der Waals surface area contributed by atoms with Crippen LogP contribution in [0.4, 0.5) is 10.1 Å². The molecular formula is C12H17FN2. The molecule has 0 fully saturated rings. The first-order valence-electron chi connectivity index (χ1n) is 5.45. The lowest BCUT2D eigenvalue weighted by atomic mass is 10.0. The maximum Gasteiger partial charge on any atom is 0.128 e. The third-order valence-electron chi connectivity index (χ3n) is 3.05. The predicted molar refractivity (Wildman–Crippen MR) is 61.0 cm³/mol. The van der Waals surface area contributed by atoms with Gasteiger partial charge in [0.2, 0.25) is 0 Å². The highest BCUT2D eigenvalue weighted by Gasteiger charge is 2.29. The highest BCUT2D eigenvalue weighted by Crippen LogP contribution is 2.37. The molecule has 3 heteroatoms. The lowest BCUT2D eigenvalue weighted by Gasteiger charge is -2.16. The number of benzene rings is 1. The predicted octanol–water partition coefficient (Wildman–Crippen LogP) is 1.97. The van der Waals surface area contributed by atoms with E-state index in [0.717, 1.165) is 30.9 Å². The van der Waals surface area contributed by atoms with Crippen molar-refractivity contribution in [3.63, 3.8) is 0 Å². The minimum Gasteiger partial charge on any atom is -0.371 e. The van der Waals surface area contributed by atoms with E-state index in [9.17, 15) is 4.39 Å². The number of hydrogen-bond acceptors (Lipinski definition) is 2. The molecule has 0 amide bonds. The Labute approximate surface area is 90.1 Å². The summed E-state index contributed by atoms with van der Waals surface area (Å²) in [6.07, 6.45) is 0. The van der Waals surface area contributed by atoms with Crippen LogP contribution >= 0.6 is 0 Å². The van der Waals surface area contributed by atoms with Crippen LogP contribution in [0.5, 0.6) is 0 Å². The van der Waals surface area contributed by atoms with Crippen LogP contribution in [0, 0.1) is 5.82 Å². The van der Waals surface area contributed by atoms with Crippen molar-refractivity contribution in [2.24, 2.45) is 0 Å². The third kappa shape index (κ3) is 1.72. The first kappa shape index (κ1) is 10.4. The van der Waals surface area contributed by atoms with Crippen molar-refractivity contribution in [3.05, 3.63) is 29.6 Å². The number of halogens is 1. The highest BCUT2D eigenvalue weighted by molar-refractivity contribution is 5.60. The van der Waals surface area contributed by atoms with Gasteiger partial charge in [0.1, 0.15) is 5.82 Å². The van der Waals surface area contributed by atoms with Gasteiger partial charge in [-0.05, 0) is 26.1 Å². The maximum atomic E-state index is 13.7. The largest absolute Gasteiger partial charge is 0.371 e. The Morgan fingerprint density at radius 2 is 2.33 bits per heavy atom. The summed E-state index contributed by atoms with van der Waals surface area (Å²) in [5.41, 5.74) is 1.95. The Bertz CT molecular complexity index is 351. The van der Waals surface area contributed by atoms with E-state index in [2.05, 4.69) is 17.1 Å². The number of likely N-dealkylation sites (N-methyl/N-ethyl adjacent to an activating group) is 2. The topological polar surface area (TPSA) is 15.3 Å². The molecule has 0 saturated carbocycles. The van der Waals surface area contributed by atoms with Crippen LogP contribution in [0.15, 0.2) is 18.2 Å². The van der Waals surface area contributed by atoms with Crippen LogP contribution in [-0.2, 0) is 0 Å². The lowest BCUT2D eigenvalue weighted by Crippen LogP contribution is -2.25. The number of rotatable bonds is 3. The average molecular weight is 208 g/mol. The normalized spacial score (nSPS) is 19.4. The maximum absolute atomic E-state index is 13.7. The van der Waals surface area contributed by atoms with Crippen molar-refractivity contribution in [2.75, 3.05) is 31.6 Å².